The van der Waals surface area contributed by atoms with Crippen LogP contribution >= 0.6 is 0 Å². The Bertz CT molecular complexity index is 1110. The van der Waals surface area contributed by atoms with Crippen molar-refractivity contribution in [3.05, 3.63) is 23.8 Å². The molecule has 0 amide bonds. The standard InChI is InChI=1S/C32H45FO7/c1-6-8-10-27(37)39-19-26(36)32(40-28(38)11-9-7-2)20(3)16-24-23-13-12-21-17-22(34)14-15-29(21,4)31(23,33)25(35)18-30(24,32)5/h14-15,17,20,23-25,35H,6-13,16,18-19H2,1-5H3/t20-,23-,24-,25-,29-,30-,31-,32-/m0/s1. The van der Waals surface area contributed by atoms with Crippen LogP contribution < -0.4 is 0 Å². The fourth-order valence-electron chi connectivity index (χ4n) is 8.60. The van der Waals surface area contributed by atoms with Crippen LogP contribution in [0.1, 0.15) is 98.8 Å². The lowest BCUT2D eigenvalue weighted by Crippen LogP contribution is -2.70. The summed E-state index contributed by atoms with van der Waals surface area (Å²) in [5, 5.41) is 11.7. The fourth-order valence-corrected chi connectivity index (χ4v) is 8.60. The van der Waals surface area contributed by atoms with Crippen LogP contribution in [-0.4, -0.2) is 52.6 Å². The molecule has 8 atom stereocenters. The number of aliphatic hydroxyl groups is 1. The van der Waals surface area contributed by atoms with Crippen molar-refractivity contribution in [3.63, 3.8) is 0 Å². The minimum Gasteiger partial charge on any atom is -0.457 e. The van der Waals surface area contributed by atoms with Crippen molar-refractivity contribution in [3.8, 4) is 0 Å². The van der Waals surface area contributed by atoms with E-state index in [9.17, 15) is 24.3 Å². The molecule has 4 rings (SSSR count). The van der Waals surface area contributed by atoms with Gasteiger partial charge >= 0.3 is 11.9 Å². The van der Waals surface area contributed by atoms with Crippen LogP contribution in [0.2, 0.25) is 0 Å². The molecular weight excluding hydrogens is 515 g/mol. The number of rotatable bonds is 10. The number of alkyl halides is 1. The minimum absolute atomic E-state index is 0.101. The summed E-state index contributed by atoms with van der Waals surface area (Å²) in [5.41, 5.74) is -5.27. The Morgan fingerprint density at radius 2 is 1.73 bits per heavy atom. The van der Waals surface area contributed by atoms with Crippen molar-refractivity contribution in [2.24, 2.45) is 28.6 Å². The van der Waals surface area contributed by atoms with E-state index in [0.29, 0.717) is 37.7 Å². The SMILES string of the molecule is CCCCC(=O)OCC(=O)[C@@]1(OC(=O)CCCC)[C@@H](C)C[C@H]2[C@@H]3CCC4=CC(=O)C=C[C@]4(C)[C@@]3(F)[C@@H](O)C[C@@]21C. The third-order valence-corrected chi connectivity index (χ3v) is 10.7. The van der Waals surface area contributed by atoms with Crippen LogP contribution in [0.25, 0.3) is 0 Å². The second kappa shape index (κ2) is 11.1. The number of carbonyl (C=O) groups excluding carboxylic acids is 4. The maximum atomic E-state index is 17.5. The maximum absolute atomic E-state index is 17.5. The highest BCUT2D eigenvalue weighted by molar-refractivity contribution is 6.01. The van der Waals surface area contributed by atoms with Gasteiger partial charge in [-0.2, -0.15) is 0 Å². The van der Waals surface area contributed by atoms with Gasteiger partial charge in [0.25, 0.3) is 0 Å². The summed E-state index contributed by atoms with van der Waals surface area (Å²) < 4.78 is 29.1. The minimum atomic E-state index is -2.06. The van der Waals surface area contributed by atoms with Gasteiger partial charge in [0.15, 0.2) is 23.7 Å². The maximum Gasteiger partial charge on any atom is 0.306 e. The van der Waals surface area contributed by atoms with Crippen molar-refractivity contribution in [2.75, 3.05) is 6.61 Å². The summed E-state index contributed by atoms with van der Waals surface area (Å²) >= 11 is 0. The number of halogens is 1. The molecule has 0 aromatic carbocycles. The monoisotopic (exact) mass is 560 g/mol. The van der Waals surface area contributed by atoms with E-state index >= 15 is 4.39 Å². The Hall–Kier alpha value is -2.35. The first-order valence-corrected chi connectivity index (χ1v) is 15.0. The van der Waals surface area contributed by atoms with Crippen LogP contribution in [0.3, 0.4) is 0 Å². The molecule has 8 heteroatoms. The second-order valence-corrected chi connectivity index (χ2v) is 12.9. The molecule has 3 fully saturated rings. The Kier molecular flexibility index (Phi) is 8.53. The molecule has 0 aromatic heterocycles. The molecule has 0 saturated heterocycles. The molecule has 1 N–H and O–H groups in total. The van der Waals surface area contributed by atoms with E-state index in [-0.39, 0.29) is 31.0 Å². The highest BCUT2D eigenvalue weighted by Gasteiger charge is 2.77. The van der Waals surface area contributed by atoms with Gasteiger partial charge in [0.1, 0.15) is 0 Å². The zero-order valence-corrected chi connectivity index (χ0v) is 24.6. The number of hydrogen-bond donors (Lipinski definition) is 1. The van der Waals surface area contributed by atoms with E-state index in [0.717, 1.165) is 12.8 Å². The third-order valence-electron chi connectivity index (χ3n) is 10.7. The van der Waals surface area contributed by atoms with E-state index in [1.807, 2.05) is 27.7 Å². The number of Topliss-reactive ketones (excluding diaryl/α,β-unsaturated/α-hetero) is 1. The van der Waals surface area contributed by atoms with Gasteiger partial charge in [-0.05, 0) is 63.5 Å². The number of fused-ring (bicyclic) bond motifs is 5. The lowest BCUT2D eigenvalue weighted by molar-refractivity contribution is -0.228. The molecule has 0 spiro atoms. The lowest BCUT2D eigenvalue weighted by Gasteiger charge is -2.62. The van der Waals surface area contributed by atoms with Crippen molar-refractivity contribution >= 4 is 23.5 Å². The quantitative estimate of drug-likeness (QED) is 0.358. The Morgan fingerprint density at radius 1 is 1.07 bits per heavy atom. The number of esters is 2. The summed E-state index contributed by atoms with van der Waals surface area (Å²) in [6, 6.07) is 0. The van der Waals surface area contributed by atoms with Crippen molar-refractivity contribution in [1.82, 2.24) is 0 Å². The summed E-state index contributed by atoms with van der Waals surface area (Å²) in [7, 11) is 0. The summed E-state index contributed by atoms with van der Waals surface area (Å²) in [6.07, 6.45) is 7.38. The normalized spacial score (nSPS) is 40.0. The van der Waals surface area contributed by atoms with E-state index in [1.54, 1.807) is 13.0 Å². The molecule has 222 valence electrons. The molecular formula is C32H45FO7. The molecule has 0 aliphatic heterocycles. The predicted octanol–water partition coefficient (Wildman–Crippen LogP) is 5.38. The molecule has 0 unspecified atom stereocenters. The van der Waals surface area contributed by atoms with Gasteiger partial charge in [0, 0.05) is 35.5 Å². The van der Waals surface area contributed by atoms with Crippen molar-refractivity contribution in [2.45, 2.75) is 116 Å². The van der Waals surface area contributed by atoms with Crippen LogP contribution in [0.5, 0.6) is 0 Å². The van der Waals surface area contributed by atoms with E-state index in [2.05, 4.69) is 0 Å². The van der Waals surface area contributed by atoms with E-state index in [1.165, 1.54) is 12.2 Å². The average molecular weight is 561 g/mol. The second-order valence-electron chi connectivity index (χ2n) is 12.9. The first-order chi connectivity index (χ1) is 18.8. The molecule has 0 heterocycles. The van der Waals surface area contributed by atoms with Crippen molar-refractivity contribution in [1.29, 1.82) is 0 Å². The Morgan fingerprint density at radius 3 is 2.38 bits per heavy atom. The predicted molar refractivity (Wildman–Crippen MR) is 147 cm³/mol. The molecule has 4 aliphatic carbocycles. The van der Waals surface area contributed by atoms with Gasteiger partial charge in [-0.3, -0.25) is 19.2 Å². The van der Waals surface area contributed by atoms with Crippen LogP contribution in [0.15, 0.2) is 23.8 Å². The van der Waals surface area contributed by atoms with E-state index in [4.69, 9.17) is 9.47 Å². The first-order valence-electron chi connectivity index (χ1n) is 15.0. The summed E-state index contributed by atoms with van der Waals surface area (Å²) in [6.45, 7) is 8.80. The van der Waals surface area contributed by atoms with Crippen molar-refractivity contribution < 1.29 is 38.1 Å². The van der Waals surface area contributed by atoms with Gasteiger partial charge < -0.3 is 14.6 Å². The topological polar surface area (TPSA) is 107 Å². The zero-order chi connectivity index (χ0) is 29.5. The molecule has 7 nitrogen and oxygen atoms in total. The highest BCUT2D eigenvalue weighted by atomic mass is 19.1. The first kappa shape index (κ1) is 30.6. The van der Waals surface area contributed by atoms with Crippen LogP contribution in [-0.2, 0) is 28.7 Å². The van der Waals surface area contributed by atoms with Gasteiger partial charge in [-0.1, -0.05) is 52.2 Å². The number of ether oxygens (including phenoxy) is 2. The highest BCUT2D eigenvalue weighted by Crippen LogP contribution is 2.71. The Balaban J connectivity index is 1.74. The lowest BCUT2D eigenvalue weighted by atomic mass is 9.44. The molecule has 0 bridgehead atoms. The number of unbranched alkanes of at least 4 members (excludes halogenated alkanes) is 2. The third kappa shape index (κ3) is 4.49. The molecule has 0 radical (unpaired) electrons. The largest absolute Gasteiger partial charge is 0.457 e. The van der Waals surface area contributed by atoms with E-state index < -0.39 is 64.4 Å². The van der Waals surface area contributed by atoms with Gasteiger partial charge in [0.05, 0.1) is 6.10 Å². The number of carbonyl (C=O) groups is 4. The van der Waals surface area contributed by atoms with Crippen LogP contribution in [0.4, 0.5) is 4.39 Å². The Labute approximate surface area is 236 Å². The summed E-state index contributed by atoms with van der Waals surface area (Å²) in [5.74, 6) is -3.17. The van der Waals surface area contributed by atoms with Gasteiger partial charge in [0.2, 0.25) is 5.78 Å². The molecule has 3 saturated carbocycles. The molecule has 40 heavy (non-hydrogen) atoms. The van der Waals surface area contributed by atoms with Crippen LogP contribution in [0, 0.1) is 28.6 Å². The van der Waals surface area contributed by atoms with Gasteiger partial charge in [-0.15, -0.1) is 0 Å². The number of allylic oxidation sites excluding steroid dienone is 4. The number of hydrogen-bond acceptors (Lipinski definition) is 7. The molecule has 0 aromatic rings. The number of aliphatic hydroxyl groups excluding tert-OH is 1. The number of ketones is 2. The van der Waals surface area contributed by atoms with Gasteiger partial charge in [-0.25, -0.2) is 4.39 Å². The average Bonchev–Trinajstić information content (AvgIpc) is 3.12. The summed E-state index contributed by atoms with van der Waals surface area (Å²) in [4.78, 5) is 51.7. The zero-order valence-electron chi connectivity index (χ0n) is 24.6. The smallest absolute Gasteiger partial charge is 0.306 e. The molecule has 4 aliphatic rings. The fraction of sp³-hybridized carbons (Fsp3) is 0.750.